The van der Waals surface area contributed by atoms with E-state index in [1.807, 2.05) is 28.9 Å². The highest BCUT2D eigenvalue weighted by atomic mass is 35.5. The molecule has 2 rings (SSSR count). The Bertz CT molecular complexity index is 543. The standard InChI is InChI=1S/C15H20ClN3/c1-4-17-10-9-15-11(2)18-19(12(15)3)14-7-5-13(16)6-8-14/h5-8,17H,4,9-10H2,1-3H3. The molecule has 0 amide bonds. The zero-order chi connectivity index (χ0) is 13.8. The van der Waals surface area contributed by atoms with Gasteiger partial charge in [0.2, 0.25) is 0 Å². The Labute approximate surface area is 119 Å². The Morgan fingerprint density at radius 1 is 1.21 bits per heavy atom. The van der Waals surface area contributed by atoms with Crippen LogP contribution in [0, 0.1) is 13.8 Å². The van der Waals surface area contributed by atoms with Crippen molar-refractivity contribution in [3.63, 3.8) is 0 Å². The fourth-order valence-corrected chi connectivity index (χ4v) is 2.39. The van der Waals surface area contributed by atoms with Crippen molar-refractivity contribution in [3.8, 4) is 5.69 Å². The number of aromatic nitrogens is 2. The first-order chi connectivity index (χ1) is 9.13. The molecular weight excluding hydrogens is 258 g/mol. The summed E-state index contributed by atoms with van der Waals surface area (Å²) in [4.78, 5) is 0. The van der Waals surface area contributed by atoms with E-state index in [-0.39, 0.29) is 0 Å². The van der Waals surface area contributed by atoms with Crippen LogP contribution in [0.4, 0.5) is 0 Å². The molecule has 0 atom stereocenters. The zero-order valence-electron chi connectivity index (χ0n) is 11.7. The van der Waals surface area contributed by atoms with E-state index in [1.54, 1.807) is 0 Å². The second-order valence-electron chi connectivity index (χ2n) is 4.64. The number of nitrogens with one attached hydrogen (secondary N) is 1. The molecule has 0 aliphatic heterocycles. The predicted molar refractivity (Wildman–Crippen MR) is 80.3 cm³/mol. The minimum absolute atomic E-state index is 0.748. The molecule has 0 saturated heterocycles. The van der Waals surface area contributed by atoms with Gasteiger partial charge in [0.15, 0.2) is 0 Å². The van der Waals surface area contributed by atoms with Crippen molar-refractivity contribution in [2.24, 2.45) is 0 Å². The average Bonchev–Trinajstić information content (AvgIpc) is 2.68. The van der Waals surface area contributed by atoms with Crippen molar-refractivity contribution >= 4 is 11.6 Å². The maximum atomic E-state index is 5.92. The summed E-state index contributed by atoms with van der Waals surface area (Å²) in [5, 5.41) is 8.74. The van der Waals surface area contributed by atoms with Crippen molar-refractivity contribution in [2.75, 3.05) is 13.1 Å². The number of likely N-dealkylation sites (N-methyl/N-ethyl adjacent to an activating group) is 1. The zero-order valence-corrected chi connectivity index (χ0v) is 12.5. The van der Waals surface area contributed by atoms with Gasteiger partial charge >= 0.3 is 0 Å². The molecular formula is C15H20ClN3. The van der Waals surface area contributed by atoms with Crippen LogP contribution < -0.4 is 5.32 Å². The summed E-state index contributed by atoms with van der Waals surface area (Å²) in [7, 11) is 0. The third kappa shape index (κ3) is 3.17. The maximum absolute atomic E-state index is 5.92. The molecule has 1 aromatic carbocycles. The Morgan fingerprint density at radius 2 is 1.89 bits per heavy atom. The number of aryl methyl sites for hydroxylation is 1. The average molecular weight is 278 g/mol. The molecule has 4 heteroatoms. The SMILES string of the molecule is CCNCCc1c(C)nn(-c2ccc(Cl)cc2)c1C. The van der Waals surface area contributed by atoms with Crippen LogP contribution in [0.5, 0.6) is 0 Å². The number of hydrogen-bond donors (Lipinski definition) is 1. The van der Waals surface area contributed by atoms with E-state index in [2.05, 4.69) is 31.2 Å². The number of rotatable bonds is 5. The number of hydrogen-bond acceptors (Lipinski definition) is 2. The summed E-state index contributed by atoms with van der Waals surface area (Å²) < 4.78 is 1.99. The van der Waals surface area contributed by atoms with Crippen LogP contribution in [-0.2, 0) is 6.42 Å². The van der Waals surface area contributed by atoms with Gasteiger partial charge in [-0.25, -0.2) is 4.68 Å². The molecule has 0 aliphatic carbocycles. The highest BCUT2D eigenvalue weighted by Gasteiger charge is 2.12. The topological polar surface area (TPSA) is 29.9 Å². The predicted octanol–water partition coefficient (Wildman–Crippen LogP) is 3.29. The lowest BCUT2D eigenvalue weighted by molar-refractivity contribution is 0.713. The maximum Gasteiger partial charge on any atom is 0.0649 e. The third-order valence-corrected chi connectivity index (χ3v) is 3.57. The molecule has 0 aliphatic rings. The summed E-state index contributed by atoms with van der Waals surface area (Å²) >= 11 is 5.92. The van der Waals surface area contributed by atoms with Gasteiger partial charge in [-0.1, -0.05) is 18.5 Å². The van der Waals surface area contributed by atoms with Gasteiger partial charge < -0.3 is 5.32 Å². The first-order valence-corrected chi connectivity index (χ1v) is 7.03. The van der Waals surface area contributed by atoms with Gasteiger partial charge in [0, 0.05) is 10.7 Å². The molecule has 0 bridgehead atoms. The fourth-order valence-electron chi connectivity index (χ4n) is 2.26. The smallest absolute Gasteiger partial charge is 0.0649 e. The molecule has 3 nitrogen and oxygen atoms in total. The van der Waals surface area contributed by atoms with Gasteiger partial charge in [-0.3, -0.25) is 0 Å². The summed E-state index contributed by atoms with van der Waals surface area (Å²) in [6, 6.07) is 7.78. The highest BCUT2D eigenvalue weighted by Crippen LogP contribution is 2.19. The fraction of sp³-hybridized carbons (Fsp3) is 0.400. The highest BCUT2D eigenvalue weighted by molar-refractivity contribution is 6.30. The Kier molecular flexibility index (Phi) is 4.61. The van der Waals surface area contributed by atoms with E-state index >= 15 is 0 Å². The first-order valence-electron chi connectivity index (χ1n) is 6.65. The first kappa shape index (κ1) is 14.1. The molecule has 19 heavy (non-hydrogen) atoms. The molecule has 1 N–H and O–H groups in total. The van der Waals surface area contributed by atoms with Gasteiger partial charge in [-0.2, -0.15) is 5.10 Å². The molecule has 102 valence electrons. The lowest BCUT2D eigenvalue weighted by Gasteiger charge is -2.06. The van der Waals surface area contributed by atoms with E-state index in [4.69, 9.17) is 11.6 Å². The van der Waals surface area contributed by atoms with Crippen molar-refractivity contribution in [1.29, 1.82) is 0 Å². The molecule has 0 fully saturated rings. The number of nitrogens with zero attached hydrogens (tertiary/aromatic N) is 2. The van der Waals surface area contributed by atoms with E-state index in [0.29, 0.717) is 0 Å². The summed E-state index contributed by atoms with van der Waals surface area (Å²) in [5.41, 5.74) is 4.69. The summed E-state index contributed by atoms with van der Waals surface area (Å²) in [5.74, 6) is 0. The lowest BCUT2D eigenvalue weighted by Crippen LogP contribution is -2.16. The molecule has 0 radical (unpaired) electrons. The lowest BCUT2D eigenvalue weighted by atomic mass is 10.1. The molecule has 1 aromatic heterocycles. The quantitative estimate of drug-likeness (QED) is 0.850. The van der Waals surface area contributed by atoms with Crippen molar-refractivity contribution < 1.29 is 0 Å². The van der Waals surface area contributed by atoms with Gasteiger partial charge in [0.05, 0.1) is 11.4 Å². The van der Waals surface area contributed by atoms with Crippen LogP contribution >= 0.6 is 11.6 Å². The summed E-state index contributed by atoms with van der Waals surface area (Å²) in [6.45, 7) is 8.31. The van der Waals surface area contributed by atoms with E-state index in [9.17, 15) is 0 Å². The Hall–Kier alpha value is -1.32. The van der Waals surface area contributed by atoms with Gasteiger partial charge in [-0.15, -0.1) is 0 Å². The summed E-state index contributed by atoms with van der Waals surface area (Å²) in [6.07, 6.45) is 1.01. The van der Waals surface area contributed by atoms with Crippen LogP contribution in [-0.4, -0.2) is 22.9 Å². The largest absolute Gasteiger partial charge is 0.317 e. The normalized spacial score (nSPS) is 10.9. The van der Waals surface area contributed by atoms with E-state index in [0.717, 1.165) is 35.9 Å². The van der Waals surface area contributed by atoms with E-state index in [1.165, 1.54) is 11.3 Å². The Morgan fingerprint density at radius 3 is 2.53 bits per heavy atom. The minimum Gasteiger partial charge on any atom is -0.317 e. The molecule has 0 unspecified atom stereocenters. The second-order valence-corrected chi connectivity index (χ2v) is 5.08. The van der Waals surface area contributed by atoms with E-state index < -0.39 is 0 Å². The second kappa shape index (κ2) is 6.22. The Balaban J connectivity index is 2.27. The number of halogens is 1. The van der Waals surface area contributed by atoms with Crippen LogP contribution in [0.25, 0.3) is 5.69 Å². The molecule has 2 aromatic rings. The molecule has 0 spiro atoms. The number of benzene rings is 1. The van der Waals surface area contributed by atoms with Gasteiger partial charge in [0.25, 0.3) is 0 Å². The van der Waals surface area contributed by atoms with Crippen LogP contribution in [0.15, 0.2) is 24.3 Å². The third-order valence-electron chi connectivity index (χ3n) is 3.31. The monoisotopic (exact) mass is 277 g/mol. The molecule has 0 saturated carbocycles. The minimum atomic E-state index is 0.748. The van der Waals surface area contributed by atoms with Crippen molar-refractivity contribution in [3.05, 3.63) is 46.2 Å². The van der Waals surface area contributed by atoms with Crippen molar-refractivity contribution in [2.45, 2.75) is 27.2 Å². The van der Waals surface area contributed by atoms with Gasteiger partial charge in [-0.05, 0) is 63.2 Å². The van der Waals surface area contributed by atoms with Crippen LogP contribution in [0.2, 0.25) is 5.02 Å². The van der Waals surface area contributed by atoms with Gasteiger partial charge in [0.1, 0.15) is 0 Å². The van der Waals surface area contributed by atoms with Crippen LogP contribution in [0.1, 0.15) is 23.9 Å². The molecule has 1 heterocycles. The van der Waals surface area contributed by atoms with Crippen molar-refractivity contribution in [1.82, 2.24) is 15.1 Å². The van der Waals surface area contributed by atoms with Crippen LogP contribution in [0.3, 0.4) is 0 Å².